The summed E-state index contributed by atoms with van der Waals surface area (Å²) in [6.07, 6.45) is 3.05. The first-order valence-electron chi connectivity index (χ1n) is 6.04. The maximum Gasteiger partial charge on any atom is 0.234 e. The van der Waals surface area contributed by atoms with E-state index in [1.165, 1.54) is 0 Å². The molecule has 2 unspecified atom stereocenters. The first kappa shape index (κ1) is 13.9. The fourth-order valence-electron chi connectivity index (χ4n) is 2.31. The number of nitrogens with one attached hydrogen (secondary N) is 1. The van der Waals surface area contributed by atoms with E-state index < -0.39 is 0 Å². The van der Waals surface area contributed by atoms with Crippen LogP contribution in [0.4, 0.5) is 0 Å². The van der Waals surface area contributed by atoms with Crippen LogP contribution in [0.15, 0.2) is 0 Å². The highest BCUT2D eigenvalue weighted by Crippen LogP contribution is 2.28. The molecule has 17 heavy (non-hydrogen) atoms. The highest BCUT2D eigenvalue weighted by Gasteiger charge is 2.30. The molecular weight excluding hydrogens is 218 g/mol. The van der Waals surface area contributed by atoms with Crippen LogP contribution < -0.4 is 5.32 Å². The molecule has 5 heteroatoms. The Balaban J connectivity index is 2.30. The van der Waals surface area contributed by atoms with Gasteiger partial charge in [0, 0.05) is 19.7 Å². The number of amides is 1. The fraction of sp³-hybridized carbons (Fsp3) is 0.833. The molecule has 2 atom stereocenters. The lowest BCUT2D eigenvalue weighted by molar-refractivity contribution is -0.122. The zero-order valence-corrected chi connectivity index (χ0v) is 10.6. The number of carbonyl (C=O) groups is 1. The molecule has 1 rings (SSSR count). The van der Waals surface area contributed by atoms with Gasteiger partial charge in [-0.2, -0.15) is 5.26 Å². The molecule has 0 radical (unpaired) electrons. The van der Waals surface area contributed by atoms with E-state index >= 15 is 0 Å². The van der Waals surface area contributed by atoms with Crippen molar-refractivity contribution in [2.45, 2.75) is 25.3 Å². The van der Waals surface area contributed by atoms with Crippen LogP contribution in [0.3, 0.4) is 0 Å². The van der Waals surface area contributed by atoms with Gasteiger partial charge >= 0.3 is 0 Å². The van der Waals surface area contributed by atoms with E-state index in [4.69, 9.17) is 10.00 Å². The highest BCUT2D eigenvalue weighted by atomic mass is 16.5. The maximum absolute atomic E-state index is 11.6. The summed E-state index contributed by atoms with van der Waals surface area (Å²) in [6, 6.07) is 2.56. The number of hydrogen-bond donors (Lipinski definition) is 1. The van der Waals surface area contributed by atoms with Crippen molar-refractivity contribution in [3.8, 4) is 6.07 Å². The van der Waals surface area contributed by atoms with Crippen molar-refractivity contribution >= 4 is 5.91 Å². The Labute approximate surface area is 103 Å². The first-order valence-corrected chi connectivity index (χ1v) is 6.04. The molecule has 0 spiro atoms. The molecular formula is C12H21N3O2. The van der Waals surface area contributed by atoms with E-state index in [-0.39, 0.29) is 17.9 Å². The Bertz CT molecular complexity index is 288. The topological polar surface area (TPSA) is 65.4 Å². The van der Waals surface area contributed by atoms with E-state index in [1.807, 2.05) is 11.9 Å². The lowest BCUT2D eigenvalue weighted by Gasteiger charge is -2.25. The van der Waals surface area contributed by atoms with Gasteiger partial charge in [0.05, 0.1) is 25.1 Å². The summed E-state index contributed by atoms with van der Waals surface area (Å²) in [5.74, 6) is 0.0694. The molecule has 0 bridgehead atoms. The summed E-state index contributed by atoms with van der Waals surface area (Å²) in [6.45, 7) is 1.42. The molecule has 0 aromatic heterocycles. The Morgan fingerprint density at radius 3 is 3.00 bits per heavy atom. The number of nitrogens with zero attached hydrogens (tertiary/aromatic N) is 2. The van der Waals surface area contributed by atoms with Crippen molar-refractivity contribution in [1.82, 2.24) is 10.2 Å². The van der Waals surface area contributed by atoms with Crippen LogP contribution in [-0.4, -0.2) is 50.7 Å². The maximum atomic E-state index is 11.6. The first-order chi connectivity index (χ1) is 8.19. The lowest BCUT2D eigenvalue weighted by atomic mass is 10.0. The molecule has 1 aliphatic carbocycles. The predicted octanol–water partition coefficient (Wildman–Crippen LogP) is 0.373. The number of likely N-dealkylation sites (N-methyl/N-ethyl adjacent to an activating group) is 1. The third-order valence-electron chi connectivity index (χ3n) is 3.23. The number of nitriles is 1. The molecule has 96 valence electrons. The Kier molecular flexibility index (Phi) is 5.95. The fourth-order valence-corrected chi connectivity index (χ4v) is 2.31. The van der Waals surface area contributed by atoms with Crippen LogP contribution in [0.2, 0.25) is 0 Å². The molecule has 0 aromatic carbocycles. The Morgan fingerprint density at radius 2 is 2.35 bits per heavy atom. The zero-order valence-electron chi connectivity index (χ0n) is 10.6. The predicted molar refractivity (Wildman–Crippen MR) is 64.3 cm³/mol. The largest absolute Gasteiger partial charge is 0.383 e. The molecule has 1 amide bonds. The highest BCUT2D eigenvalue weighted by molar-refractivity contribution is 5.78. The monoisotopic (exact) mass is 239 g/mol. The van der Waals surface area contributed by atoms with Crippen LogP contribution in [0.5, 0.6) is 0 Å². The van der Waals surface area contributed by atoms with Gasteiger partial charge in [-0.3, -0.25) is 9.69 Å². The molecule has 0 heterocycles. The van der Waals surface area contributed by atoms with Crippen LogP contribution >= 0.6 is 0 Å². The Hall–Kier alpha value is -1.12. The average Bonchev–Trinajstić information content (AvgIpc) is 2.77. The van der Waals surface area contributed by atoms with Gasteiger partial charge in [0.1, 0.15) is 0 Å². The van der Waals surface area contributed by atoms with E-state index in [2.05, 4.69) is 11.4 Å². The van der Waals surface area contributed by atoms with E-state index in [0.717, 1.165) is 19.3 Å². The standard InChI is InChI=1S/C12H21N3O2/c1-15(9-12(16)14-6-7-17-2)11-5-3-4-10(11)8-13/h10-11H,3-7,9H2,1-2H3,(H,14,16). The molecule has 5 nitrogen and oxygen atoms in total. The van der Waals surface area contributed by atoms with Crippen molar-refractivity contribution < 1.29 is 9.53 Å². The van der Waals surface area contributed by atoms with Gasteiger partial charge in [-0.05, 0) is 19.9 Å². The summed E-state index contributed by atoms with van der Waals surface area (Å²) >= 11 is 0. The number of rotatable bonds is 6. The molecule has 1 aliphatic rings. The summed E-state index contributed by atoms with van der Waals surface area (Å²) in [4.78, 5) is 13.6. The molecule has 0 aliphatic heterocycles. The van der Waals surface area contributed by atoms with Gasteiger partial charge in [0.2, 0.25) is 5.91 Å². The van der Waals surface area contributed by atoms with Gasteiger partial charge in [-0.15, -0.1) is 0 Å². The van der Waals surface area contributed by atoms with Crippen molar-refractivity contribution in [2.24, 2.45) is 5.92 Å². The van der Waals surface area contributed by atoms with E-state index in [1.54, 1.807) is 7.11 Å². The average molecular weight is 239 g/mol. The summed E-state index contributed by atoms with van der Waals surface area (Å²) in [7, 11) is 3.52. The molecule has 1 saturated carbocycles. The summed E-state index contributed by atoms with van der Waals surface area (Å²) < 4.78 is 4.86. The molecule has 0 aromatic rings. The van der Waals surface area contributed by atoms with Gasteiger partial charge in [0.25, 0.3) is 0 Å². The number of methoxy groups -OCH3 is 1. The van der Waals surface area contributed by atoms with Crippen molar-refractivity contribution in [3.05, 3.63) is 0 Å². The number of ether oxygens (including phenoxy) is 1. The zero-order chi connectivity index (χ0) is 12.7. The van der Waals surface area contributed by atoms with Gasteiger partial charge in [0.15, 0.2) is 0 Å². The number of carbonyl (C=O) groups excluding carboxylic acids is 1. The number of hydrogen-bond acceptors (Lipinski definition) is 4. The van der Waals surface area contributed by atoms with E-state index in [0.29, 0.717) is 19.7 Å². The second-order valence-electron chi connectivity index (χ2n) is 4.49. The minimum Gasteiger partial charge on any atom is -0.383 e. The molecule has 1 fully saturated rings. The normalized spacial score (nSPS) is 23.6. The van der Waals surface area contributed by atoms with Crippen LogP contribution in [-0.2, 0) is 9.53 Å². The second-order valence-corrected chi connectivity index (χ2v) is 4.49. The third kappa shape index (κ3) is 4.33. The summed E-state index contributed by atoms with van der Waals surface area (Å²) in [5, 5.41) is 11.8. The lowest BCUT2D eigenvalue weighted by Crippen LogP contribution is -2.42. The van der Waals surface area contributed by atoms with Crippen LogP contribution in [0, 0.1) is 17.2 Å². The van der Waals surface area contributed by atoms with Gasteiger partial charge in [-0.25, -0.2) is 0 Å². The second kappa shape index (κ2) is 7.25. The Morgan fingerprint density at radius 1 is 1.59 bits per heavy atom. The van der Waals surface area contributed by atoms with Crippen LogP contribution in [0.25, 0.3) is 0 Å². The molecule has 0 saturated heterocycles. The van der Waals surface area contributed by atoms with Crippen LogP contribution in [0.1, 0.15) is 19.3 Å². The van der Waals surface area contributed by atoms with Crippen molar-refractivity contribution in [3.63, 3.8) is 0 Å². The minimum atomic E-state index is -0.00635. The molecule has 1 N–H and O–H groups in total. The van der Waals surface area contributed by atoms with E-state index in [9.17, 15) is 4.79 Å². The quantitative estimate of drug-likeness (QED) is 0.680. The van der Waals surface area contributed by atoms with Gasteiger partial charge < -0.3 is 10.1 Å². The summed E-state index contributed by atoms with van der Waals surface area (Å²) in [5.41, 5.74) is 0. The van der Waals surface area contributed by atoms with Crippen molar-refractivity contribution in [2.75, 3.05) is 33.9 Å². The van der Waals surface area contributed by atoms with Crippen molar-refractivity contribution in [1.29, 1.82) is 5.26 Å². The third-order valence-corrected chi connectivity index (χ3v) is 3.23. The minimum absolute atomic E-state index is 0.00635. The smallest absolute Gasteiger partial charge is 0.234 e. The SMILES string of the molecule is COCCNC(=O)CN(C)C1CCCC1C#N. The van der Waals surface area contributed by atoms with Gasteiger partial charge in [-0.1, -0.05) is 6.42 Å².